The molecule has 1 aromatic rings. The smallest absolute Gasteiger partial charge is 0.239 e. The Morgan fingerprint density at radius 1 is 1.25 bits per heavy atom. The van der Waals surface area contributed by atoms with Crippen molar-refractivity contribution in [2.75, 3.05) is 32.8 Å². The van der Waals surface area contributed by atoms with Crippen LogP contribution in [0.25, 0.3) is 0 Å². The van der Waals surface area contributed by atoms with Crippen LogP contribution < -0.4 is 14.8 Å². The molecule has 1 saturated heterocycles. The van der Waals surface area contributed by atoms with Gasteiger partial charge in [-0.25, -0.2) is 0 Å². The third kappa shape index (κ3) is 4.12. The summed E-state index contributed by atoms with van der Waals surface area (Å²) in [7, 11) is 0. The van der Waals surface area contributed by atoms with E-state index in [9.17, 15) is 9.59 Å². The van der Waals surface area contributed by atoms with Gasteiger partial charge >= 0.3 is 0 Å². The molecule has 3 rings (SSSR count). The third-order valence-electron chi connectivity index (χ3n) is 4.15. The fourth-order valence-corrected chi connectivity index (χ4v) is 3.20. The van der Waals surface area contributed by atoms with Crippen molar-refractivity contribution in [1.29, 1.82) is 0 Å². The van der Waals surface area contributed by atoms with Crippen molar-refractivity contribution in [2.24, 2.45) is 0 Å². The van der Waals surface area contributed by atoms with Crippen LogP contribution in [-0.4, -0.2) is 49.6 Å². The van der Waals surface area contributed by atoms with E-state index in [0.717, 1.165) is 18.4 Å². The molecule has 1 aromatic carbocycles. The number of hydrogen-bond acceptors (Lipinski definition) is 4. The summed E-state index contributed by atoms with van der Waals surface area (Å²) in [5, 5.41) is 3.37. The molecule has 130 valence electrons. The van der Waals surface area contributed by atoms with Gasteiger partial charge < -0.3 is 19.7 Å². The van der Waals surface area contributed by atoms with E-state index >= 15 is 0 Å². The standard InChI is InChI=1S/C17H21ClN2O4/c18-13-9-12(10-14-17(13)24-8-7-23-14)4-5-19-15(21)11-20-6-2-1-3-16(20)22/h9-10H,1-8,11H2,(H,19,21). The first-order valence-electron chi connectivity index (χ1n) is 8.26. The van der Waals surface area contributed by atoms with E-state index in [2.05, 4.69) is 5.32 Å². The van der Waals surface area contributed by atoms with E-state index in [4.69, 9.17) is 21.1 Å². The average Bonchev–Trinajstić information content (AvgIpc) is 2.57. The molecular weight excluding hydrogens is 332 g/mol. The van der Waals surface area contributed by atoms with E-state index in [-0.39, 0.29) is 18.4 Å². The second-order valence-electron chi connectivity index (χ2n) is 5.97. The maximum Gasteiger partial charge on any atom is 0.239 e. The normalized spacial score (nSPS) is 16.9. The summed E-state index contributed by atoms with van der Waals surface area (Å²) < 4.78 is 11.0. The van der Waals surface area contributed by atoms with Crippen LogP contribution in [0.5, 0.6) is 11.5 Å². The van der Waals surface area contributed by atoms with Crippen molar-refractivity contribution in [3.05, 3.63) is 22.7 Å². The number of halogens is 1. The van der Waals surface area contributed by atoms with Crippen LogP contribution in [0.2, 0.25) is 5.02 Å². The zero-order valence-electron chi connectivity index (χ0n) is 13.5. The predicted molar refractivity (Wildman–Crippen MR) is 89.6 cm³/mol. The van der Waals surface area contributed by atoms with Crippen molar-refractivity contribution < 1.29 is 19.1 Å². The molecule has 7 heteroatoms. The van der Waals surface area contributed by atoms with Crippen LogP contribution in [0.1, 0.15) is 24.8 Å². The second kappa shape index (κ2) is 7.75. The first-order valence-corrected chi connectivity index (χ1v) is 8.64. The second-order valence-corrected chi connectivity index (χ2v) is 6.38. The largest absolute Gasteiger partial charge is 0.486 e. The van der Waals surface area contributed by atoms with Gasteiger partial charge in [0.05, 0.1) is 11.6 Å². The highest BCUT2D eigenvalue weighted by atomic mass is 35.5. The molecule has 2 heterocycles. The number of nitrogens with zero attached hydrogens (tertiary/aromatic N) is 1. The minimum Gasteiger partial charge on any atom is -0.486 e. The quantitative estimate of drug-likeness (QED) is 0.877. The summed E-state index contributed by atoms with van der Waals surface area (Å²) in [6.45, 7) is 2.30. The van der Waals surface area contributed by atoms with Crippen LogP contribution in [0.3, 0.4) is 0 Å². The SMILES string of the molecule is O=C(CN1CCCCC1=O)NCCc1cc(Cl)c2c(c1)OCCO2. The van der Waals surface area contributed by atoms with Gasteiger partial charge in [-0.05, 0) is 37.0 Å². The van der Waals surface area contributed by atoms with Crippen LogP contribution >= 0.6 is 11.6 Å². The minimum absolute atomic E-state index is 0.0648. The number of piperidine rings is 1. The van der Waals surface area contributed by atoms with Gasteiger partial charge in [0, 0.05) is 19.5 Å². The Labute approximate surface area is 146 Å². The topological polar surface area (TPSA) is 67.9 Å². The van der Waals surface area contributed by atoms with Gasteiger partial charge in [-0.3, -0.25) is 9.59 Å². The molecule has 0 atom stereocenters. The van der Waals surface area contributed by atoms with E-state index < -0.39 is 0 Å². The van der Waals surface area contributed by atoms with Gasteiger partial charge in [-0.1, -0.05) is 11.6 Å². The van der Waals surface area contributed by atoms with Gasteiger partial charge in [-0.2, -0.15) is 0 Å². The fourth-order valence-electron chi connectivity index (χ4n) is 2.91. The molecular formula is C17H21ClN2O4. The van der Waals surface area contributed by atoms with Crippen molar-refractivity contribution in [2.45, 2.75) is 25.7 Å². The Morgan fingerprint density at radius 2 is 2.08 bits per heavy atom. The van der Waals surface area contributed by atoms with Gasteiger partial charge in [0.25, 0.3) is 0 Å². The number of amides is 2. The summed E-state index contributed by atoms with van der Waals surface area (Å²) in [5.41, 5.74) is 0.971. The Balaban J connectivity index is 1.48. The van der Waals surface area contributed by atoms with E-state index in [1.54, 1.807) is 4.90 Å². The lowest BCUT2D eigenvalue weighted by atomic mass is 10.1. The lowest BCUT2D eigenvalue weighted by molar-refractivity contribution is -0.137. The maximum absolute atomic E-state index is 12.0. The number of ether oxygens (including phenoxy) is 2. The number of likely N-dealkylation sites (tertiary alicyclic amines) is 1. The van der Waals surface area contributed by atoms with E-state index in [1.165, 1.54) is 0 Å². The molecule has 0 unspecified atom stereocenters. The molecule has 0 bridgehead atoms. The number of nitrogens with one attached hydrogen (secondary N) is 1. The number of fused-ring (bicyclic) bond motifs is 1. The number of rotatable bonds is 5. The molecule has 24 heavy (non-hydrogen) atoms. The van der Waals surface area contributed by atoms with Crippen molar-refractivity contribution in [1.82, 2.24) is 10.2 Å². The van der Waals surface area contributed by atoms with E-state index in [0.29, 0.717) is 55.7 Å². The summed E-state index contributed by atoms with van der Waals surface area (Å²) >= 11 is 6.20. The summed E-state index contributed by atoms with van der Waals surface area (Å²) in [5.74, 6) is 1.16. The zero-order valence-corrected chi connectivity index (χ0v) is 14.2. The summed E-state index contributed by atoms with van der Waals surface area (Å²) in [6, 6.07) is 3.72. The van der Waals surface area contributed by atoms with Crippen LogP contribution in [0, 0.1) is 0 Å². The van der Waals surface area contributed by atoms with Crippen LogP contribution in [0.4, 0.5) is 0 Å². The van der Waals surface area contributed by atoms with Crippen molar-refractivity contribution in [3.63, 3.8) is 0 Å². The van der Waals surface area contributed by atoms with Gasteiger partial charge in [0.2, 0.25) is 11.8 Å². The molecule has 1 fully saturated rings. The van der Waals surface area contributed by atoms with Gasteiger partial charge in [0.15, 0.2) is 11.5 Å². The van der Waals surface area contributed by atoms with Gasteiger partial charge in [-0.15, -0.1) is 0 Å². The van der Waals surface area contributed by atoms with Crippen LogP contribution in [-0.2, 0) is 16.0 Å². The molecule has 0 aliphatic carbocycles. The highest BCUT2D eigenvalue weighted by molar-refractivity contribution is 6.32. The Morgan fingerprint density at radius 3 is 2.92 bits per heavy atom. The minimum atomic E-state index is -0.131. The molecule has 2 aliphatic heterocycles. The lowest BCUT2D eigenvalue weighted by Gasteiger charge is -2.26. The summed E-state index contributed by atoms with van der Waals surface area (Å²) in [4.78, 5) is 25.3. The van der Waals surface area contributed by atoms with Crippen molar-refractivity contribution >= 4 is 23.4 Å². The highest BCUT2D eigenvalue weighted by Gasteiger charge is 2.20. The highest BCUT2D eigenvalue weighted by Crippen LogP contribution is 2.38. The third-order valence-corrected chi connectivity index (χ3v) is 4.43. The van der Waals surface area contributed by atoms with E-state index in [1.807, 2.05) is 12.1 Å². The number of carbonyl (C=O) groups excluding carboxylic acids is 2. The summed E-state index contributed by atoms with van der Waals surface area (Å²) in [6.07, 6.45) is 3.07. The molecule has 6 nitrogen and oxygen atoms in total. The molecule has 0 spiro atoms. The number of hydrogen-bond donors (Lipinski definition) is 1. The van der Waals surface area contributed by atoms with Crippen LogP contribution in [0.15, 0.2) is 12.1 Å². The number of carbonyl (C=O) groups is 2. The number of benzene rings is 1. The lowest BCUT2D eigenvalue weighted by Crippen LogP contribution is -2.43. The maximum atomic E-state index is 12.0. The Hall–Kier alpha value is -1.95. The molecule has 2 aliphatic rings. The fraction of sp³-hybridized carbons (Fsp3) is 0.529. The molecule has 2 amide bonds. The Bertz CT molecular complexity index is 635. The molecule has 0 radical (unpaired) electrons. The Kier molecular flexibility index (Phi) is 5.45. The van der Waals surface area contributed by atoms with Gasteiger partial charge in [0.1, 0.15) is 13.2 Å². The predicted octanol–water partition coefficient (Wildman–Crippen LogP) is 1.78. The van der Waals surface area contributed by atoms with Crippen molar-refractivity contribution in [3.8, 4) is 11.5 Å². The zero-order chi connectivity index (χ0) is 16.9. The average molecular weight is 353 g/mol. The monoisotopic (exact) mass is 352 g/mol. The first kappa shape index (κ1) is 16.9. The molecule has 1 N–H and O–H groups in total. The molecule has 0 aromatic heterocycles. The molecule has 0 saturated carbocycles. The first-order chi connectivity index (χ1) is 11.6.